The van der Waals surface area contributed by atoms with Crippen molar-refractivity contribution in [3.63, 3.8) is 0 Å². The van der Waals surface area contributed by atoms with Gasteiger partial charge >= 0.3 is 0 Å². The van der Waals surface area contributed by atoms with E-state index in [0.717, 1.165) is 28.6 Å². The van der Waals surface area contributed by atoms with Crippen molar-refractivity contribution in [2.24, 2.45) is 0 Å². The molecule has 0 aliphatic rings. The number of hydrogen-bond donors (Lipinski definition) is 1. The van der Waals surface area contributed by atoms with E-state index in [1.807, 2.05) is 6.92 Å². The van der Waals surface area contributed by atoms with Gasteiger partial charge in [-0.15, -0.1) is 0 Å². The summed E-state index contributed by atoms with van der Waals surface area (Å²) in [5.74, 6) is -1.09. The molecule has 0 spiro atoms. The van der Waals surface area contributed by atoms with Crippen molar-refractivity contribution in [2.45, 2.75) is 37.8 Å². The van der Waals surface area contributed by atoms with Crippen LogP contribution in [0.5, 0.6) is 5.75 Å². The number of carbonyl (C=O) groups is 2. The number of amides is 2. The van der Waals surface area contributed by atoms with Crippen LogP contribution in [0.4, 0.5) is 10.1 Å². The zero-order chi connectivity index (χ0) is 28.6. The molecule has 2 amide bonds. The SMILES string of the molecule is CCOc1ccc(N(CC(=O)N(Cc2ccccc2Cl)C(CC)C(=O)NC)S(=O)(=O)c2ccc(F)cc2)cc1. The Morgan fingerprint density at radius 3 is 2.21 bits per heavy atom. The molecule has 1 N–H and O–H groups in total. The van der Waals surface area contributed by atoms with Gasteiger partial charge < -0.3 is 15.0 Å². The maximum Gasteiger partial charge on any atom is 0.264 e. The van der Waals surface area contributed by atoms with Crippen LogP contribution in [0.15, 0.2) is 77.7 Å². The van der Waals surface area contributed by atoms with E-state index < -0.39 is 40.2 Å². The summed E-state index contributed by atoms with van der Waals surface area (Å²) in [6.07, 6.45) is 0.281. The van der Waals surface area contributed by atoms with Crippen LogP contribution in [0.25, 0.3) is 0 Å². The monoisotopic (exact) mass is 575 g/mol. The average molecular weight is 576 g/mol. The molecule has 8 nitrogen and oxygen atoms in total. The molecule has 3 aromatic rings. The first-order valence-corrected chi connectivity index (χ1v) is 14.2. The molecule has 0 aliphatic carbocycles. The van der Waals surface area contributed by atoms with Crippen LogP contribution in [0.1, 0.15) is 25.8 Å². The van der Waals surface area contributed by atoms with Gasteiger partial charge in [-0.2, -0.15) is 0 Å². The second kappa shape index (κ2) is 13.4. The van der Waals surface area contributed by atoms with Crippen LogP contribution < -0.4 is 14.4 Å². The van der Waals surface area contributed by atoms with Gasteiger partial charge in [0, 0.05) is 18.6 Å². The van der Waals surface area contributed by atoms with Gasteiger partial charge in [0.05, 0.1) is 17.2 Å². The van der Waals surface area contributed by atoms with Gasteiger partial charge in [0.15, 0.2) is 0 Å². The van der Waals surface area contributed by atoms with E-state index in [4.69, 9.17) is 16.3 Å². The number of halogens is 2. The molecule has 0 aromatic heterocycles. The summed E-state index contributed by atoms with van der Waals surface area (Å²) < 4.78 is 47.5. The molecule has 0 bridgehead atoms. The topological polar surface area (TPSA) is 96.0 Å². The summed E-state index contributed by atoms with van der Waals surface area (Å²) in [7, 11) is -2.85. The smallest absolute Gasteiger partial charge is 0.264 e. The highest BCUT2D eigenvalue weighted by Gasteiger charge is 2.33. The molecule has 11 heteroatoms. The van der Waals surface area contributed by atoms with Crippen LogP contribution in [0.2, 0.25) is 5.02 Å². The summed E-state index contributed by atoms with van der Waals surface area (Å²) in [6, 6.07) is 16.6. The Morgan fingerprint density at radius 1 is 1.00 bits per heavy atom. The minimum absolute atomic E-state index is 0.0157. The summed E-state index contributed by atoms with van der Waals surface area (Å²) in [6.45, 7) is 3.36. The van der Waals surface area contributed by atoms with Crippen molar-refractivity contribution in [1.29, 1.82) is 0 Å². The van der Waals surface area contributed by atoms with Crippen molar-refractivity contribution >= 4 is 39.1 Å². The Bertz CT molecular complexity index is 1390. The van der Waals surface area contributed by atoms with Gasteiger partial charge in [0.25, 0.3) is 10.0 Å². The maximum absolute atomic E-state index is 13.9. The first kappa shape index (κ1) is 29.9. The van der Waals surface area contributed by atoms with Crippen LogP contribution in [-0.2, 0) is 26.2 Å². The highest BCUT2D eigenvalue weighted by molar-refractivity contribution is 7.92. The molecule has 0 heterocycles. The van der Waals surface area contributed by atoms with Gasteiger partial charge in [0.2, 0.25) is 11.8 Å². The van der Waals surface area contributed by atoms with Crippen LogP contribution in [0, 0.1) is 5.82 Å². The van der Waals surface area contributed by atoms with Crippen molar-refractivity contribution < 1.29 is 27.1 Å². The lowest BCUT2D eigenvalue weighted by atomic mass is 10.1. The number of hydrogen-bond acceptors (Lipinski definition) is 5. The van der Waals surface area contributed by atoms with Crippen LogP contribution >= 0.6 is 11.6 Å². The largest absolute Gasteiger partial charge is 0.494 e. The highest BCUT2D eigenvalue weighted by atomic mass is 35.5. The third-order valence-electron chi connectivity index (χ3n) is 6.05. The summed E-state index contributed by atoms with van der Waals surface area (Å²) >= 11 is 6.35. The quantitative estimate of drug-likeness (QED) is 0.340. The summed E-state index contributed by atoms with van der Waals surface area (Å²) in [5.41, 5.74) is 0.797. The standard InChI is InChI=1S/C28H31ClFN3O5S/c1-4-26(28(35)31-3)32(18-20-8-6-7-9-25(20)29)27(34)19-33(22-12-14-23(15-13-22)38-5-2)39(36,37)24-16-10-21(30)11-17-24/h6-17,26H,4-5,18-19H2,1-3H3,(H,31,35). The van der Waals surface area contributed by atoms with E-state index >= 15 is 0 Å². The van der Waals surface area contributed by atoms with Crippen LogP contribution in [0.3, 0.4) is 0 Å². The molecule has 0 fully saturated rings. The molecule has 3 rings (SSSR count). The molecule has 39 heavy (non-hydrogen) atoms. The number of likely N-dealkylation sites (N-methyl/N-ethyl adjacent to an activating group) is 1. The van der Waals surface area contributed by atoms with Crippen molar-refractivity contribution in [3.8, 4) is 5.75 Å². The number of anilines is 1. The van der Waals surface area contributed by atoms with Crippen molar-refractivity contribution in [3.05, 3.63) is 89.2 Å². The van der Waals surface area contributed by atoms with Crippen molar-refractivity contribution in [2.75, 3.05) is 24.5 Å². The Labute approximate surface area is 233 Å². The lowest BCUT2D eigenvalue weighted by Gasteiger charge is -2.33. The molecular formula is C28H31ClFN3O5S. The summed E-state index contributed by atoms with van der Waals surface area (Å²) in [5, 5.41) is 2.98. The van der Waals surface area contributed by atoms with Gasteiger partial charge in [-0.25, -0.2) is 12.8 Å². The van der Waals surface area contributed by atoms with Gasteiger partial charge in [-0.3, -0.25) is 13.9 Å². The van der Waals surface area contributed by atoms with E-state index in [0.29, 0.717) is 22.9 Å². The van der Waals surface area contributed by atoms with E-state index in [1.165, 1.54) is 24.1 Å². The second-order valence-electron chi connectivity index (χ2n) is 8.54. The fourth-order valence-corrected chi connectivity index (χ4v) is 5.64. The van der Waals surface area contributed by atoms with Gasteiger partial charge in [-0.05, 0) is 73.5 Å². The number of benzene rings is 3. The molecule has 1 unspecified atom stereocenters. The van der Waals surface area contributed by atoms with E-state index in [9.17, 15) is 22.4 Å². The molecule has 3 aromatic carbocycles. The average Bonchev–Trinajstić information content (AvgIpc) is 2.93. The van der Waals surface area contributed by atoms with E-state index in [2.05, 4.69) is 5.32 Å². The van der Waals surface area contributed by atoms with E-state index in [-0.39, 0.29) is 23.5 Å². The number of ether oxygens (including phenoxy) is 1. The molecule has 0 saturated heterocycles. The predicted molar refractivity (Wildman–Crippen MR) is 149 cm³/mol. The first-order chi connectivity index (χ1) is 18.6. The molecule has 0 radical (unpaired) electrons. The second-order valence-corrected chi connectivity index (χ2v) is 10.8. The van der Waals surface area contributed by atoms with Crippen LogP contribution in [-0.4, -0.2) is 51.4 Å². The molecule has 208 valence electrons. The summed E-state index contributed by atoms with van der Waals surface area (Å²) in [4.78, 5) is 27.8. The number of sulfonamides is 1. The fraction of sp³-hybridized carbons (Fsp3) is 0.286. The molecular weight excluding hydrogens is 545 g/mol. The Balaban J connectivity index is 2.07. The molecule has 0 saturated carbocycles. The fourth-order valence-electron chi connectivity index (χ4n) is 4.03. The third kappa shape index (κ3) is 7.27. The van der Waals surface area contributed by atoms with Gasteiger partial charge in [-0.1, -0.05) is 36.7 Å². The minimum atomic E-state index is -4.31. The maximum atomic E-state index is 13.9. The number of nitrogens with zero attached hydrogens (tertiary/aromatic N) is 2. The minimum Gasteiger partial charge on any atom is -0.494 e. The predicted octanol–water partition coefficient (Wildman–Crippen LogP) is 4.63. The van der Waals surface area contributed by atoms with E-state index in [1.54, 1.807) is 43.3 Å². The highest BCUT2D eigenvalue weighted by Crippen LogP contribution is 2.27. The molecule has 0 aliphatic heterocycles. The number of carbonyl (C=O) groups excluding carboxylic acids is 2. The normalized spacial score (nSPS) is 11.9. The Hall–Kier alpha value is -3.63. The first-order valence-electron chi connectivity index (χ1n) is 12.4. The lowest BCUT2D eigenvalue weighted by Crippen LogP contribution is -2.51. The lowest BCUT2D eigenvalue weighted by molar-refractivity contribution is -0.140. The zero-order valence-corrected chi connectivity index (χ0v) is 23.5. The number of rotatable bonds is 12. The Kier molecular flexibility index (Phi) is 10.3. The third-order valence-corrected chi connectivity index (χ3v) is 8.20. The molecule has 1 atom stereocenters. The van der Waals surface area contributed by atoms with Gasteiger partial charge in [0.1, 0.15) is 24.2 Å². The van der Waals surface area contributed by atoms with Crippen molar-refractivity contribution in [1.82, 2.24) is 10.2 Å². The number of nitrogens with one attached hydrogen (secondary N) is 1. The zero-order valence-electron chi connectivity index (χ0n) is 21.9. The Morgan fingerprint density at radius 2 is 1.64 bits per heavy atom.